The normalized spacial score (nSPS) is 22.9. The zero-order valence-corrected chi connectivity index (χ0v) is 15.9. The van der Waals surface area contributed by atoms with E-state index in [2.05, 4.69) is 0 Å². The summed E-state index contributed by atoms with van der Waals surface area (Å²) >= 11 is 6.00. The number of amides is 2. The maximum atomic E-state index is 13.2. The lowest BCUT2D eigenvalue weighted by atomic mass is 9.95. The van der Waals surface area contributed by atoms with Crippen LogP contribution in [0.5, 0.6) is 0 Å². The van der Waals surface area contributed by atoms with Gasteiger partial charge >= 0.3 is 0 Å². The van der Waals surface area contributed by atoms with Crippen molar-refractivity contribution in [3.63, 3.8) is 0 Å². The topological polar surface area (TPSA) is 53.8 Å². The number of furan rings is 1. The molecule has 5 nitrogen and oxygen atoms in total. The summed E-state index contributed by atoms with van der Waals surface area (Å²) in [5.74, 6) is -0.0310. The average molecular weight is 387 g/mol. The number of hydrogen-bond acceptors (Lipinski definition) is 3. The SMILES string of the molecule is O=C(c1ccoc1)N1CCC[C@H](C(=O)N2CCC[C@H]2c2ccc(Cl)cc2)C1. The molecule has 0 aliphatic carbocycles. The Hall–Kier alpha value is -2.27. The van der Waals surface area contributed by atoms with Crippen LogP contribution in [0.2, 0.25) is 5.02 Å². The van der Waals surface area contributed by atoms with E-state index in [4.69, 9.17) is 16.0 Å². The molecule has 6 heteroatoms. The first-order chi connectivity index (χ1) is 13.1. The summed E-state index contributed by atoms with van der Waals surface area (Å²) < 4.78 is 5.02. The summed E-state index contributed by atoms with van der Waals surface area (Å²) in [4.78, 5) is 29.6. The fourth-order valence-electron chi connectivity index (χ4n) is 4.23. The van der Waals surface area contributed by atoms with Crippen LogP contribution >= 0.6 is 11.6 Å². The summed E-state index contributed by atoms with van der Waals surface area (Å²) in [6.07, 6.45) is 6.62. The van der Waals surface area contributed by atoms with Crippen LogP contribution in [0.3, 0.4) is 0 Å². The Morgan fingerprint density at radius 3 is 2.56 bits per heavy atom. The molecule has 0 N–H and O–H groups in total. The van der Waals surface area contributed by atoms with Gasteiger partial charge in [-0.05, 0) is 49.4 Å². The van der Waals surface area contributed by atoms with Gasteiger partial charge < -0.3 is 14.2 Å². The van der Waals surface area contributed by atoms with Crippen molar-refractivity contribution < 1.29 is 14.0 Å². The van der Waals surface area contributed by atoms with Crippen LogP contribution in [-0.4, -0.2) is 41.2 Å². The Balaban J connectivity index is 1.46. The van der Waals surface area contributed by atoms with E-state index in [0.717, 1.165) is 37.8 Å². The van der Waals surface area contributed by atoms with E-state index in [1.54, 1.807) is 11.0 Å². The van der Waals surface area contributed by atoms with Crippen LogP contribution in [0.4, 0.5) is 0 Å². The van der Waals surface area contributed by atoms with Crippen LogP contribution in [0, 0.1) is 5.92 Å². The van der Waals surface area contributed by atoms with Gasteiger partial charge in [0.05, 0.1) is 23.8 Å². The molecule has 27 heavy (non-hydrogen) atoms. The maximum absolute atomic E-state index is 13.2. The highest BCUT2D eigenvalue weighted by molar-refractivity contribution is 6.30. The number of nitrogens with zero attached hydrogens (tertiary/aromatic N) is 2. The molecule has 2 aromatic rings. The van der Waals surface area contributed by atoms with Crippen molar-refractivity contribution in [3.05, 3.63) is 59.0 Å². The summed E-state index contributed by atoms with van der Waals surface area (Å²) in [7, 11) is 0. The molecular weight excluding hydrogens is 364 g/mol. The molecule has 2 fully saturated rings. The molecule has 0 unspecified atom stereocenters. The lowest BCUT2D eigenvalue weighted by Gasteiger charge is -2.35. The second-order valence-corrected chi connectivity index (χ2v) is 7.78. The molecule has 2 saturated heterocycles. The molecule has 2 aliphatic heterocycles. The fourth-order valence-corrected chi connectivity index (χ4v) is 4.35. The van der Waals surface area contributed by atoms with E-state index >= 15 is 0 Å². The van der Waals surface area contributed by atoms with Gasteiger partial charge in [-0.2, -0.15) is 0 Å². The average Bonchev–Trinajstić information content (AvgIpc) is 3.39. The van der Waals surface area contributed by atoms with Gasteiger partial charge in [0.1, 0.15) is 6.26 Å². The first kappa shape index (κ1) is 18.1. The minimum Gasteiger partial charge on any atom is -0.472 e. The monoisotopic (exact) mass is 386 g/mol. The first-order valence-electron chi connectivity index (χ1n) is 9.51. The standard InChI is InChI=1S/C21H23ClN2O3/c22-18-7-5-15(6-8-18)19-4-2-11-24(19)21(26)16-3-1-10-23(13-16)20(25)17-9-12-27-14-17/h5-9,12,14,16,19H,1-4,10-11,13H2/t16-,19-/m0/s1. The zero-order valence-electron chi connectivity index (χ0n) is 15.1. The minimum absolute atomic E-state index is 0.0584. The largest absolute Gasteiger partial charge is 0.472 e. The summed E-state index contributed by atoms with van der Waals surface area (Å²) in [5, 5.41) is 0.704. The van der Waals surface area contributed by atoms with Crippen molar-refractivity contribution in [3.8, 4) is 0 Å². The number of carbonyl (C=O) groups excluding carboxylic acids is 2. The van der Waals surface area contributed by atoms with Gasteiger partial charge in [0.15, 0.2) is 0 Å². The number of likely N-dealkylation sites (tertiary alicyclic amines) is 2. The Morgan fingerprint density at radius 2 is 1.81 bits per heavy atom. The number of piperidine rings is 1. The van der Waals surface area contributed by atoms with Crippen LogP contribution in [0.15, 0.2) is 47.3 Å². The molecule has 0 saturated carbocycles. The first-order valence-corrected chi connectivity index (χ1v) is 9.88. The smallest absolute Gasteiger partial charge is 0.257 e. The lowest BCUT2D eigenvalue weighted by Crippen LogP contribution is -2.46. The van der Waals surface area contributed by atoms with E-state index in [-0.39, 0.29) is 23.8 Å². The van der Waals surface area contributed by atoms with Crippen molar-refractivity contribution in [1.82, 2.24) is 9.80 Å². The van der Waals surface area contributed by atoms with Gasteiger partial charge in [-0.3, -0.25) is 9.59 Å². The lowest BCUT2D eigenvalue weighted by molar-refractivity contribution is -0.137. The second-order valence-electron chi connectivity index (χ2n) is 7.34. The summed E-state index contributed by atoms with van der Waals surface area (Å²) in [6.45, 7) is 1.94. The highest BCUT2D eigenvalue weighted by Crippen LogP contribution is 2.35. The van der Waals surface area contributed by atoms with Crippen molar-refractivity contribution in [1.29, 1.82) is 0 Å². The number of benzene rings is 1. The number of hydrogen-bond donors (Lipinski definition) is 0. The molecule has 1 aromatic heterocycles. The molecule has 4 rings (SSSR count). The van der Waals surface area contributed by atoms with Gasteiger partial charge in [-0.25, -0.2) is 0 Å². The predicted molar refractivity (Wildman–Crippen MR) is 102 cm³/mol. The Kier molecular flexibility index (Phi) is 5.21. The van der Waals surface area contributed by atoms with Crippen molar-refractivity contribution in [2.24, 2.45) is 5.92 Å². The van der Waals surface area contributed by atoms with Gasteiger partial charge in [0, 0.05) is 24.7 Å². The van der Waals surface area contributed by atoms with Crippen LogP contribution < -0.4 is 0 Å². The van der Waals surface area contributed by atoms with E-state index in [0.29, 0.717) is 23.7 Å². The number of rotatable bonds is 3. The van der Waals surface area contributed by atoms with Crippen molar-refractivity contribution in [2.45, 2.75) is 31.7 Å². The highest BCUT2D eigenvalue weighted by atomic mass is 35.5. The predicted octanol–water partition coefficient (Wildman–Crippen LogP) is 4.15. The van der Waals surface area contributed by atoms with Crippen LogP contribution in [0.1, 0.15) is 47.6 Å². The third-order valence-corrected chi connectivity index (χ3v) is 5.87. The molecule has 142 valence electrons. The quantitative estimate of drug-likeness (QED) is 0.796. The second kappa shape index (κ2) is 7.77. The molecule has 2 amide bonds. The number of halogens is 1. The summed E-state index contributed by atoms with van der Waals surface area (Å²) in [6, 6.07) is 9.55. The zero-order chi connectivity index (χ0) is 18.8. The van der Waals surface area contributed by atoms with E-state index in [1.165, 1.54) is 12.5 Å². The number of carbonyl (C=O) groups is 2. The molecule has 2 atom stereocenters. The van der Waals surface area contributed by atoms with E-state index in [1.807, 2.05) is 29.2 Å². The van der Waals surface area contributed by atoms with Crippen molar-refractivity contribution in [2.75, 3.05) is 19.6 Å². The minimum atomic E-state index is -0.137. The molecule has 0 bridgehead atoms. The summed E-state index contributed by atoms with van der Waals surface area (Å²) in [5.41, 5.74) is 1.68. The van der Waals surface area contributed by atoms with Crippen molar-refractivity contribution >= 4 is 23.4 Å². The van der Waals surface area contributed by atoms with E-state index in [9.17, 15) is 9.59 Å². The Morgan fingerprint density at radius 1 is 1.04 bits per heavy atom. The molecule has 0 spiro atoms. The molecule has 1 aromatic carbocycles. The third kappa shape index (κ3) is 3.74. The van der Waals surface area contributed by atoms with Gasteiger partial charge in [-0.15, -0.1) is 0 Å². The molecular formula is C21H23ClN2O3. The highest BCUT2D eigenvalue weighted by Gasteiger charge is 2.36. The van der Waals surface area contributed by atoms with Gasteiger partial charge in [-0.1, -0.05) is 23.7 Å². The molecule has 3 heterocycles. The van der Waals surface area contributed by atoms with Crippen LogP contribution in [0.25, 0.3) is 0 Å². The van der Waals surface area contributed by atoms with E-state index < -0.39 is 0 Å². The Labute approximate surface area is 163 Å². The maximum Gasteiger partial charge on any atom is 0.257 e. The van der Waals surface area contributed by atoms with Crippen LogP contribution in [-0.2, 0) is 4.79 Å². The van der Waals surface area contributed by atoms with Gasteiger partial charge in [0.2, 0.25) is 5.91 Å². The molecule has 0 radical (unpaired) electrons. The fraction of sp³-hybridized carbons (Fsp3) is 0.429. The molecule has 2 aliphatic rings. The third-order valence-electron chi connectivity index (χ3n) is 5.62. The Bertz CT molecular complexity index is 803. The van der Waals surface area contributed by atoms with Gasteiger partial charge in [0.25, 0.3) is 5.91 Å².